The van der Waals surface area contributed by atoms with E-state index in [0.29, 0.717) is 22.8 Å². The third kappa shape index (κ3) is 3.51. The summed E-state index contributed by atoms with van der Waals surface area (Å²) in [6.45, 7) is 3.67. The van der Waals surface area contributed by atoms with E-state index in [1.165, 1.54) is 0 Å². The fourth-order valence-electron chi connectivity index (χ4n) is 2.35. The van der Waals surface area contributed by atoms with Crippen LogP contribution < -0.4 is 20.1 Å². The van der Waals surface area contributed by atoms with Crippen molar-refractivity contribution in [3.63, 3.8) is 0 Å². The van der Waals surface area contributed by atoms with Crippen molar-refractivity contribution in [1.29, 1.82) is 0 Å². The predicted molar refractivity (Wildman–Crippen MR) is 84.9 cm³/mol. The number of carbonyl (C=O) groups is 2. The van der Waals surface area contributed by atoms with Crippen molar-refractivity contribution >= 4 is 11.8 Å². The van der Waals surface area contributed by atoms with Crippen molar-refractivity contribution in [2.75, 3.05) is 13.3 Å². The monoisotopic (exact) mass is 330 g/mol. The maximum atomic E-state index is 12.1. The van der Waals surface area contributed by atoms with Gasteiger partial charge in [0.25, 0.3) is 5.91 Å². The van der Waals surface area contributed by atoms with Crippen LogP contribution >= 0.6 is 0 Å². The lowest BCUT2D eigenvalue weighted by Gasteiger charge is -2.12. The second-order valence-corrected chi connectivity index (χ2v) is 5.49. The molecule has 1 aromatic carbocycles. The standard InChI is InChI=1S/C17H18N2O5/c1-10-3-5-13(24-10)11(2)19-16(20)8-18-17(21)12-4-6-14-15(7-12)23-9-22-14/h3-7,11H,8-9H2,1-2H3,(H,18,21)(H,19,20)/t11-/m1/s1. The zero-order valence-electron chi connectivity index (χ0n) is 13.4. The van der Waals surface area contributed by atoms with E-state index < -0.39 is 0 Å². The van der Waals surface area contributed by atoms with Crippen LogP contribution in [-0.4, -0.2) is 25.2 Å². The predicted octanol–water partition coefficient (Wildman–Crippen LogP) is 1.92. The minimum Gasteiger partial charge on any atom is -0.464 e. The first kappa shape index (κ1) is 15.9. The van der Waals surface area contributed by atoms with Crippen LogP contribution in [0.25, 0.3) is 0 Å². The van der Waals surface area contributed by atoms with Crippen molar-refractivity contribution in [1.82, 2.24) is 10.6 Å². The molecule has 0 fully saturated rings. The van der Waals surface area contributed by atoms with Crippen LogP contribution in [0.2, 0.25) is 0 Å². The number of aryl methyl sites for hydroxylation is 1. The quantitative estimate of drug-likeness (QED) is 0.874. The van der Waals surface area contributed by atoms with E-state index >= 15 is 0 Å². The number of rotatable bonds is 5. The maximum Gasteiger partial charge on any atom is 0.251 e. The molecule has 2 amide bonds. The summed E-state index contributed by atoms with van der Waals surface area (Å²) in [5.41, 5.74) is 0.404. The van der Waals surface area contributed by atoms with Crippen LogP contribution in [0.1, 0.15) is 34.8 Å². The summed E-state index contributed by atoms with van der Waals surface area (Å²) in [6.07, 6.45) is 0. The highest BCUT2D eigenvalue weighted by Gasteiger charge is 2.17. The van der Waals surface area contributed by atoms with Gasteiger partial charge in [0, 0.05) is 5.56 Å². The SMILES string of the molecule is Cc1ccc([C@@H](C)NC(=O)CNC(=O)c2ccc3c(c2)OCO3)o1. The molecule has 1 atom stereocenters. The van der Waals surface area contributed by atoms with Gasteiger partial charge in [-0.1, -0.05) is 0 Å². The minimum absolute atomic E-state index is 0.128. The van der Waals surface area contributed by atoms with Crippen LogP contribution in [-0.2, 0) is 4.79 Å². The largest absolute Gasteiger partial charge is 0.464 e. The molecule has 24 heavy (non-hydrogen) atoms. The summed E-state index contributed by atoms with van der Waals surface area (Å²) >= 11 is 0. The highest BCUT2D eigenvalue weighted by atomic mass is 16.7. The summed E-state index contributed by atoms with van der Waals surface area (Å²) in [5, 5.41) is 5.34. The molecular formula is C17H18N2O5. The molecule has 1 aromatic heterocycles. The van der Waals surface area contributed by atoms with E-state index in [1.54, 1.807) is 18.2 Å². The van der Waals surface area contributed by atoms with Gasteiger partial charge in [-0.15, -0.1) is 0 Å². The van der Waals surface area contributed by atoms with Crippen molar-refractivity contribution in [2.45, 2.75) is 19.9 Å². The van der Waals surface area contributed by atoms with Crippen molar-refractivity contribution in [2.24, 2.45) is 0 Å². The number of nitrogens with one attached hydrogen (secondary N) is 2. The molecule has 0 radical (unpaired) electrons. The van der Waals surface area contributed by atoms with Gasteiger partial charge in [-0.05, 0) is 44.2 Å². The van der Waals surface area contributed by atoms with Crippen molar-refractivity contribution in [3.05, 3.63) is 47.4 Å². The van der Waals surface area contributed by atoms with Gasteiger partial charge >= 0.3 is 0 Å². The van der Waals surface area contributed by atoms with E-state index in [4.69, 9.17) is 13.9 Å². The van der Waals surface area contributed by atoms with Crippen LogP contribution in [0.4, 0.5) is 0 Å². The van der Waals surface area contributed by atoms with Crippen LogP contribution in [0.15, 0.2) is 34.7 Å². The molecule has 2 aromatic rings. The molecule has 0 spiro atoms. The molecule has 7 heteroatoms. The molecule has 0 unspecified atom stereocenters. The smallest absolute Gasteiger partial charge is 0.251 e. The van der Waals surface area contributed by atoms with Crippen molar-refractivity contribution in [3.8, 4) is 11.5 Å². The lowest BCUT2D eigenvalue weighted by molar-refractivity contribution is -0.120. The summed E-state index contributed by atoms with van der Waals surface area (Å²) in [5.74, 6) is 1.92. The Morgan fingerprint density at radius 3 is 2.71 bits per heavy atom. The van der Waals surface area contributed by atoms with E-state index in [1.807, 2.05) is 26.0 Å². The van der Waals surface area contributed by atoms with Gasteiger partial charge in [0.15, 0.2) is 11.5 Å². The first-order valence-electron chi connectivity index (χ1n) is 7.56. The molecule has 126 valence electrons. The third-order valence-corrected chi connectivity index (χ3v) is 3.61. The third-order valence-electron chi connectivity index (χ3n) is 3.61. The molecule has 1 aliphatic rings. The van der Waals surface area contributed by atoms with Crippen molar-refractivity contribution < 1.29 is 23.5 Å². The first-order valence-corrected chi connectivity index (χ1v) is 7.56. The molecule has 0 aliphatic carbocycles. The molecule has 2 heterocycles. The summed E-state index contributed by atoms with van der Waals surface area (Å²) in [6, 6.07) is 8.25. The van der Waals surface area contributed by atoms with Gasteiger partial charge in [-0.2, -0.15) is 0 Å². The topological polar surface area (TPSA) is 89.8 Å². The molecule has 7 nitrogen and oxygen atoms in total. The number of amides is 2. The second-order valence-electron chi connectivity index (χ2n) is 5.49. The zero-order valence-corrected chi connectivity index (χ0v) is 13.4. The highest BCUT2D eigenvalue weighted by molar-refractivity contribution is 5.97. The molecule has 2 N–H and O–H groups in total. The number of carbonyl (C=O) groups excluding carboxylic acids is 2. The van der Waals surface area contributed by atoms with Gasteiger partial charge < -0.3 is 24.5 Å². The van der Waals surface area contributed by atoms with E-state index in [9.17, 15) is 9.59 Å². The highest BCUT2D eigenvalue weighted by Crippen LogP contribution is 2.32. The van der Waals surface area contributed by atoms with Crippen LogP contribution in [0.5, 0.6) is 11.5 Å². The number of furan rings is 1. The van der Waals surface area contributed by atoms with Gasteiger partial charge in [0.1, 0.15) is 11.5 Å². The lowest BCUT2D eigenvalue weighted by Crippen LogP contribution is -2.37. The van der Waals surface area contributed by atoms with E-state index in [0.717, 1.165) is 5.76 Å². The fourth-order valence-corrected chi connectivity index (χ4v) is 2.35. The summed E-state index contributed by atoms with van der Waals surface area (Å²) < 4.78 is 15.9. The lowest BCUT2D eigenvalue weighted by atomic mass is 10.2. The average molecular weight is 330 g/mol. The summed E-state index contributed by atoms with van der Waals surface area (Å²) in [7, 11) is 0. The van der Waals surface area contributed by atoms with E-state index in [2.05, 4.69) is 10.6 Å². The van der Waals surface area contributed by atoms with Gasteiger partial charge in [-0.25, -0.2) is 0 Å². The first-order chi connectivity index (χ1) is 11.5. The van der Waals surface area contributed by atoms with Gasteiger partial charge in [0.05, 0.1) is 12.6 Å². The number of benzene rings is 1. The maximum absolute atomic E-state index is 12.1. The second kappa shape index (κ2) is 6.66. The van der Waals surface area contributed by atoms with E-state index in [-0.39, 0.29) is 31.2 Å². The Labute approximate surface area is 138 Å². The minimum atomic E-state index is -0.357. The Morgan fingerprint density at radius 1 is 1.17 bits per heavy atom. The number of fused-ring (bicyclic) bond motifs is 1. The summed E-state index contributed by atoms with van der Waals surface area (Å²) in [4.78, 5) is 24.0. The van der Waals surface area contributed by atoms with Crippen LogP contribution in [0, 0.1) is 6.92 Å². The Balaban J connectivity index is 1.51. The van der Waals surface area contributed by atoms with Gasteiger partial charge in [-0.3, -0.25) is 9.59 Å². The Morgan fingerprint density at radius 2 is 1.96 bits per heavy atom. The Bertz CT molecular complexity index is 768. The molecule has 1 aliphatic heterocycles. The number of hydrogen-bond donors (Lipinski definition) is 2. The normalized spacial score (nSPS) is 13.4. The Kier molecular flexibility index (Phi) is 4.41. The number of ether oxygens (including phenoxy) is 2. The fraction of sp³-hybridized carbons (Fsp3) is 0.294. The molecule has 0 saturated heterocycles. The molecule has 0 saturated carbocycles. The Hall–Kier alpha value is -2.96. The molecular weight excluding hydrogens is 312 g/mol. The van der Waals surface area contributed by atoms with Gasteiger partial charge in [0.2, 0.25) is 12.7 Å². The zero-order chi connectivity index (χ0) is 17.1. The molecule has 0 bridgehead atoms. The molecule has 3 rings (SSSR count). The van der Waals surface area contributed by atoms with Crippen LogP contribution in [0.3, 0.4) is 0 Å². The average Bonchev–Trinajstić information content (AvgIpc) is 3.20. The number of hydrogen-bond acceptors (Lipinski definition) is 5.